The van der Waals surface area contributed by atoms with E-state index < -0.39 is 24.1 Å². The second-order valence-corrected chi connectivity index (χ2v) is 10.3. The van der Waals surface area contributed by atoms with Crippen molar-refractivity contribution in [3.8, 4) is 5.75 Å². The van der Waals surface area contributed by atoms with Crippen LogP contribution in [0.4, 0.5) is 0 Å². The second kappa shape index (κ2) is 10.1. The highest BCUT2D eigenvalue weighted by Gasteiger charge is 2.42. The minimum atomic E-state index is -0.703. The van der Waals surface area contributed by atoms with E-state index in [0.717, 1.165) is 24.8 Å². The third-order valence-corrected chi connectivity index (χ3v) is 7.82. The molecule has 198 valence electrons. The largest absolute Gasteiger partial charge is 0.491 e. The van der Waals surface area contributed by atoms with Gasteiger partial charge >= 0.3 is 0 Å². The maximum atomic E-state index is 13.4. The van der Waals surface area contributed by atoms with E-state index in [9.17, 15) is 29.1 Å². The van der Waals surface area contributed by atoms with Crippen LogP contribution in [0.25, 0.3) is 0 Å². The number of likely N-dealkylation sites (tertiary alicyclic amines) is 2. The van der Waals surface area contributed by atoms with Gasteiger partial charge in [0.15, 0.2) is 0 Å². The molecule has 3 saturated heterocycles. The summed E-state index contributed by atoms with van der Waals surface area (Å²) in [7, 11) is 0. The van der Waals surface area contributed by atoms with Crippen LogP contribution in [0.3, 0.4) is 0 Å². The second-order valence-electron chi connectivity index (χ2n) is 10.3. The van der Waals surface area contributed by atoms with Crippen molar-refractivity contribution < 1.29 is 33.8 Å². The van der Waals surface area contributed by atoms with Crippen molar-refractivity contribution in [3.63, 3.8) is 0 Å². The van der Waals surface area contributed by atoms with Crippen LogP contribution in [0, 0.1) is 0 Å². The molecule has 3 fully saturated rings. The van der Waals surface area contributed by atoms with E-state index in [-0.39, 0.29) is 62.2 Å². The van der Waals surface area contributed by atoms with E-state index >= 15 is 0 Å². The van der Waals surface area contributed by atoms with E-state index in [4.69, 9.17) is 4.74 Å². The highest BCUT2D eigenvalue weighted by atomic mass is 16.5. The first-order chi connectivity index (χ1) is 17.7. The number of aliphatic hydroxyl groups is 1. The SMILES string of the molecule is CC(=O)N1C[C@H](O)C[C@H]1C(=O)N1CCCC[C@@H]1COc1ccc2c(c1)CN(C1CCC(=O)NC1=O)C2=O. The van der Waals surface area contributed by atoms with Crippen LogP contribution in [-0.4, -0.2) is 93.3 Å². The molecule has 4 aliphatic rings. The Balaban J connectivity index is 1.24. The number of aliphatic hydroxyl groups excluding tert-OH is 1. The lowest BCUT2D eigenvalue weighted by molar-refractivity contribution is -0.146. The van der Waals surface area contributed by atoms with Crippen molar-refractivity contribution in [2.24, 2.45) is 0 Å². The van der Waals surface area contributed by atoms with Crippen LogP contribution < -0.4 is 10.1 Å². The molecule has 4 heterocycles. The number of carbonyl (C=O) groups excluding carboxylic acids is 5. The monoisotopic (exact) mass is 512 g/mol. The number of β-amino-alcohol motifs (C(OH)–C–C–N with tert-alkyl or cyclic N) is 1. The summed E-state index contributed by atoms with van der Waals surface area (Å²) in [5, 5.41) is 12.4. The zero-order valence-electron chi connectivity index (χ0n) is 20.9. The zero-order valence-corrected chi connectivity index (χ0v) is 20.9. The fourth-order valence-electron chi connectivity index (χ4n) is 5.88. The van der Waals surface area contributed by atoms with Crippen LogP contribution in [0.15, 0.2) is 18.2 Å². The van der Waals surface area contributed by atoms with Gasteiger partial charge in [-0.05, 0) is 49.4 Å². The summed E-state index contributed by atoms with van der Waals surface area (Å²) >= 11 is 0. The molecule has 5 rings (SSSR count). The number of benzene rings is 1. The van der Waals surface area contributed by atoms with Gasteiger partial charge in [0.2, 0.25) is 23.6 Å². The molecule has 37 heavy (non-hydrogen) atoms. The number of nitrogens with zero attached hydrogens (tertiary/aromatic N) is 3. The number of piperidine rings is 2. The summed E-state index contributed by atoms with van der Waals surface area (Å²) in [5.41, 5.74) is 1.26. The van der Waals surface area contributed by atoms with E-state index in [1.165, 1.54) is 16.7 Å². The van der Waals surface area contributed by atoms with E-state index in [1.807, 2.05) is 0 Å². The Morgan fingerprint density at radius 1 is 1.14 bits per heavy atom. The highest BCUT2D eigenvalue weighted by molar-refractivity contribution is 6.05. The van der Waals surface area contributed by atoms with Crippen molar-refractivity contribution in [1.82, 2.24) is 20.0 Å². The summed E-state index contributed by atoms with van der Waals surface area (Å²) in [5.74, 6) is -0.827. The molecule has 1 unspecified atom stereocenters. The number of nitrogens with one attached hydrogen (secondary N) is 1. The lowest BCUT2D eigenvalue weighted by atomic mass is 10.0. The van der Waals surface area contributed by atoms with Gasteiger partial charge in [0, 0.05) is 45.0 Å². The van der Waals surface area contributed by atoms with Crippen molar-refractivity contribution >= 4 is 29.5 Å². The minimum absolute atomic E-state index is 0.153. The maximum Gasteiger partial charge on any atom is 0.255 e. The van der Waals surface area contributed by atoms with Crippen LogP contribution >= 0.6 is 0 Å². The summed E-state index contributed by atoms with van der Waals surface area (Å²) < 4.78 is 6.08. The van der Waals surface area contributed by atoms with Crippen LogP contribution in [0.1, 0.15) is 61.4 Å². The lowest BCUT2D eigenvalue weighted by Gasteiger charge is -2.38. The summed E-state index contributed by atoms with van der Waals surface area (Å²) in [4.78, 5) is 66.8. The van der Waals surface area contributed by atoms with Crippen LogP contribution in [0.2, 0.25) is 0 Å². The summed E-state index contributed by atoms with van der Waals surface area (Å²) in [6.45, 7) is 2.69. The van der Waals surface area contributed by atoms with Crippen LogP contribution in [0.5, 0.6) is 5.75 Å². The van der Waals surface area contributed by atoms with E-state index in [1.54, 1.807) is 23.1 Å². The Morgan fingerprint density at radius 3 is 2.70 bits per heavy atom. The molecule has 0 aliphatic carbocycles. The Bertz CT molecular complexity index is 1140. The zero-order chi connectivity index (χ0) is 26.3. The van der Waals surface area contributed by atoms with Gasteiger partial charge in [-0.15, -0.1) is 0 Å². The molecule has 0 saturated carbocycles. The fraction of sp³-hybridized carbons (Fsp3) is 0.577. The number of amides is 5. The molecule has 2 N–H and O–H groups in total. The number of hydrogen-bond donors (Lipinski definition) is 2. The van der Waals surface area contributed by atoms with Gasteiger partial charge in [-0.3, -0.25) is 29.3 Å². The van der Waals surface area contributed by atoms with Gasteiger partial charge in [-0.1, -0.05) is 0 Å². The van der Waals surface area contributed by atoms with Gasteiger partial charge in [0.1, 0.15) is 24.4 Å². The lowest BCUT2D eigenvalue weighted by Crippen LogP contribution is -2.53. The minimum Gasteiger partial charge on any atom is -0.491 e. The average molecular weight is 513 g/mol. The molecule has 11 heteroatoms. The molecule has 0 spiro atoms. The van der Waals surface area contributed by atoms with Crippen LogP contribution in [-0.2, 0) is 25.7 Å². The Morgan fingerprint density at radius 2 is 1.95 bits per heavy atom. The molecule has 1 aromatic rings. The maximum absolute atomic E-state index is 13.4. The van der Waals surface area contributed by atoms with Crippen molar-refractivity contribution in [2.75, 3.05) is 19.7 Å². The third-order valence-electron chi connectivity index (χ3n) is 7.82. The predicted octanol–water partition coefficient (Wildman–Crippen LogP) is 0.189. The van der Waals surface area contributed by atoms with Crippen molar-refractivity contribution in [1.29, 1.82) is 0 Å². The number of imide groups is 1. The van der Waals surface area contributed by atoms with Crippen molar-refractivity contribution in [3.05, 3.63) is 29.3 Å². The molecule has 4 atom stereocenters. The molecule has 0 bridgehead atoms. The molecule has 0 radical (unpaired) electrons. The number of rotatable bonds is 5. The van der Waals surface area contributed by atoms with Gasteiger partial charge in [-0.2, -0.15) is 0 Å². The molecular weight excluding hydrogens is 480 g/mol. The molecule has 11 nitrogen and oxygen atoms in total. The molecular formula is C26H32N4O7. The fourth-order valence-corrected chi connectivity index (χ4v) is 5.88. The third kappa shape index (κ3) is 4.92. The number of carbonyl (C=O) groups is 5. The molecule has 4 aliphatic heterocycles. The standard InChI is InChI=1S/C26H32N4O7/c1-15(31)29-13-18(32)11-22(29)26(36)28-9-3-2-4-17(28)14-37-19-5-6-20-16(10-19)12-30(25(20)35)21-7-8-23(33)27-24(21)34/h5-6,10,17-18,21-22,32H,2-4,7-9,11-14H2,1H3,(H,27,33,34)/t17-,18-,21?,22+/m1/s1. The molecule has 5 amide bonds. The van der Waals surface area contributed by atoms with Gasteiger partial charge in [-0.25, -0.2) is 0 Å². The Hall–Kier alpha value is -3.47. The molecule has 1 aromatic carbocycles. The molecule has 0 aromatic heterocycles. The first-order valence-electron chi connectivity index (χ1n) is 12.9. The average Bonchev–Trinajstić information content (AvgIpc) is 3.42. The van der Waals surface area contributed by atoms with Gasteiger partial charge in [0.05, 0.1) is 12.1 Å². The van der Waals surface area contributed by atoms with Gasteiger partial charge in [0.25, 0.3) is 5.91 Å². The number of hydrogen-bond acceptors (Lipinski definition) is 7. The first kappa shape index (κ1) is 25.2. The topological polar surface area (TPSA) is 137 Å². The van der Waals surface area contributed by atoms with E-state index in [0.29, 0.717) is 24.3 Å². The predicted molar refractivity (Wildman–Crippen MR) is 129 cm³/mol. The summed E-state index contributed by atoms with van der Waals surface area (Å²) in [6, 6.07) is 3.70. The summed E-state index contributed by atoms with van der Waals surface area (Å²) in [6.07, 6.45) is 2.64. The van der Waals surface area contributed by atoms with E-state index in [2.05, 4.69) is 5.32 Å². The Kier molecular flexibility index (Phi) is 6.89. The first-order valence-corrected chi connectivity index (χ1v) is 12.9. The quantitative estimate of drug-likeness (QED) is 0.538. The number of ether oxygens (including phenoxy) is 1. The number of fused-ring (bicyclic) bond motifs is 1. The van der Waals surface area contributed by atoms with Gasteiger partial charge < -0.3 is 24.5 Å². The highest BCUT2D eigenvalue weighted by Crippen LogP contribution is 2.31. The Labute approximate surface area is 214 Å². The smallest absolute Gasteiger partial charge is 0.255 e. The normalized spacial score (nSPS) is 27.8. The van der Waals surface area contributed by atoms with Crippen molar-refractivity contribution in [2.45, 2.75) is 76.2 Å².